The van der Waals surface area contributed by atoms with Gasteiger partial charge in [-0.3, -0.25) is 0 Å². The van der Waals surface area contributed by atoms with Gasteiger partial charge in [-0.25, -0.2) is 0 Å². The minimum Gasteiger partial charge on any atom is -0.491 e. The molecule has 1 N–H and O–H groups in total. The van der Waals surface area contributed by atoms with Gasteiger partial charge in [0.1, 0.15) is 18.5 Å². The van der Waals surface area contributed by atoms with Gasteiger partial charge in [-0.1, -0.05) is 72.8 Å². The van der Waals surface area contributed by atoms with Crippen LogP contribution in [0.15, 0.2) is 84.9 Å². The highest BCUT2D eigenvalue weighted by atomic mass is 16.5. The van der Waals surface area contributed by atoms with E-state index in [4.69, 9.17) is 4.74 Å². The van der Waals surface area contributed by atoms with Crippen LogP contribution in [0.25, 0.3) is 11.1 Å². The van der Waals surface area contributed by atoms with E-state index in [2.05, 4.69) is 12.1 Å². The van der Waals surface area contributed by atoms with E-state index < -0.39 is 6.10 Å². The lowest BCUT2D eigenvalue weighted by molar-refractivity contribution is 0.108. The van der Waals surface area contributed by atoms with Gasteiger partial charge < -0.3 is 9.84 Å². The Morgan fingerprint density at radius 3 is 1.86 bits per heavy atom. The molecule has 3 rings (SSSR count). The van der Waals surface area contributed by atoms with E-state index in [9.17, 15) is 5.11 Å². The van der Waals surface area contributed by atoms with E-state index in [-0.39, 0.29) is 6.61 Å². The average molecular weight is 290 g/mol. The highest BCUT2D eigenvalue weighted by Crippen LogP contribution is 2.22. The van der Waals surface area contributed by atoms with Crippen LogP contribution in [0.2, 0.25) is 0 Å². The normalized spacial score (nSPS) is 11.9. The lowest BCUT2D eigenvalue weighted by atomic mass is 10.0. The quantitative estimate of drug-likeness (QED) is 0.751. The molecule has 1 atom stereocenters. The fourth-order valence-electron chi connectivity index (χ4n) is 2.32. The molecule has 0 aromatic heterocycles. The van der Waals surface area contributed by atoms with Crippen molar-refractivity contribution in [3.8, 4) is 16.9 Å². The summed E-state index contributed by atoms with van der Waals surface area (Å²) in [5.41, 5.74) is 3.17. The van der Waals surface area contributed by atoms with E-state index in [0.717, 1.165) is 16.9 Å². The molecular weight excluding hydrogens is 272 g/mol. The summed E-state index contributed by atoms with van der Waals surface area (Å²) in [5, 5.41) is 10.2. The molecule has 0 aliphatic rings. The van der Waals surface area contributed by atoms with Gasteiger partial charge in [-0.05, 0) is 28.8 Å². The summed E-state index contributed by atoms with van der Waals surface area (Å²) in [4.78, 5) is 0. The lowest BCUT2D eigenvalue weighted by Crippen LogP contribution is -2.09. The first-order chi connectivity index (χ1) is 10.8. The van der Waals surface area contributed by atoms with E-state index >= 15 is 0 Å². The number of para-hydroxylation sites is 1. The zero-order chi connectivity index (χ0) is 15.2. The molecule has 0 bridgehead atoms. The molecule has 0 saturated carbocycles. The monoisotopic (exact) mass is 290 g/mol. The third kappa shape index (κ3) is 3.54. The molecule has 0 spiro atoms. The number of ether oxygens (including phenoxy) is 1. The van der Waals surface area contributed by atoms with Crippen LogP contribution >= 0.6 is 0 Å². The first kappa shape index (κ1) is 14.4. The maximum atomic E-state index is 10.2. The fraction of sp³-hybridized carbons (Fsp3) is 0.100. The average Bonchev–Trinajstić information content (AvgIpc) is 2.61. The van der Waals surface area contributed by atoms with Gasteiger partial charge in [0.05, 0.1) is 0 Å². The van der Waals surface area contributed by atoms with Crippen molar-refractivity contribution in [3.63, 3.8) is 0 Å². The van der Waals surface area contributed by atoms with Crippen molar-refractivity contribution in [2.75, 3.05) is 6.61 Å². The summed E-state index contributed by atoms with van der Waals surface area (Å²) in [5.74, 6) is 0.766. The van der Waals surface area contributed by atoms with Gasteiger partial charge in [0.2, 0.25) is 0 Å². The SMILES string of the molecule is OC(COc1ccccc1)c1ccc(-c2ccccc2)cc1. The third-order valence-corrected chi connectivity index (χ3v) is 3.55. The Labute approximate surface area is 130 Å². The van der Waals surface area contributed by atoms with Gasteiger partial charge in [0, 0.05) is 0 Å². The summed E-state index contributed by atoms with van der Waals surface area (Å²) < 4.78 is 5.59. The predicted molar refractivity (Wildman–Crippen MR) is 88.8 cm³/mol. The van der Waals surface area contributed by atoms with Crippen molar-refractivity contribution >= 4 is 0 Å². The number of hydrogen-bond donors (Lipinski definition) is 1. The van der Waals surface area contributed by atoms with Crippen LogP contribution in [0, 0.1) is 0 Å². The zero-order valence-electron chi connectivity index (χ0n) is 12.2. The summed E-state index contributed by atoms with van der Waals surface area (Å²) in [6, 6.07) is 27.7. The largest absolute Gasteiger partial charge is 0.491 e. The predicted octanol–water partition coefficient (Wildman–Crippen LogP) is 4.47. The molecule has 0 amide bonds. The Morgan fingerprint density at radius 1 is 0.682 bits per heavy atom. The Balaban J connectivity index is 1.65. The first-order valence-corrected chi connectivity index (χ1v) is 7.34. The van der Waals surface area contributed by atoms with E-state index in [1.165, 1.54) is 5.56 Å². The molecule has 110 valence electrons. The molecule has 22 heavy (non-hydrogen) atoms. The van der Waals surface area contributed by atoms with Gasteiger partial charge in [0.15, 0.2) is 0 Å². The molecule has 0 fully saturated rings. The highest BCUT2D eigenvalue weighted by molar-refractivity contribution is 5.63. The minimum absolute atomic E-state index is 0.245. The van der Waals surface area contributed by atoms with Crippen LogP contribution in [0.1, 0.15) is 11.7 Å². The number of aliphatic hydroxyl groups is 1. The molecule has 0 heterocycles. The molecule has 0 saturated heterocycles. The number of hydrogen-bond acceptors (Lipinski definition) is 2. The number of rotatable bonds is 5. The van der Waals surface area contributed by atoms with Crippen molar-refractivity contribution in [1.29, 1.82) is 0 Å². The Kier molecular flexibility index (Phi) is 4.52. The number of aliphatic hydroxyl groups excluding tert-OH is 1. The van der Waals surface area contributed by atoms with Crippen molar-refractivity contribution in [2.45, 2.75) is 6.10 Å². The summed E-state index contributed by atoms with van der Waals surface area (Å²) in [6.07, 6.45) is -0.634. The highest BCUT2D eigenvalue weighted by Gasteiger charge is 2.08. The third-order valence-electron chi connectivity index (χ3n) is 3.55. The lowest BCUT2D eigenvalue weighted by Gasteiger charge is -2.13. The standard InChI is InChI=1S/C20H18O2/c21-20(15-22-19-9-5-2-6-10-19)18-13-11-17(12-14-18)16-7-3-1-4-8-16/h1-14,20-21H,15H2. The van der Waals surface area contributed by atoms with Crippen molar-refractivity contribution in [3.05, 3.63) is 90.5 Å². The second kappa shape index (κ2) is 6.92. The zero-order valence-corrected chi connectivity index (χ0v) is 12.2. The molecular formula is C20H18O2. The van der Waals surface area contributed by atoms with Crippen molar-refractivity contribution in [1.82, 2.24) is 0 Å². The Hall–Kier alpha value is -2.58. The molecule has 3 aromatic rings. The molecule has 0 radical (unpaired) electrons. The maximum absolute atomic E-state index is 10.2. The molecule has 2 nitrogen and oxygen atoms in total. The van der Waals surface area contributed by atoms with Crippen LogP contribution in [0.3, 0.4) is 0 Å². The van der Waals surface area contributed by atoms with Gasteiger partial charge >= 0.3 is 0 Å². The Morgan fingerprint density at radius 2 is 1.23 bits per heavy atom. The first-order valence-electron chi connectivity index (χ1n) is 7.34. The fourth-order valence-corrected chi connectivity index (χ4v) is 2.32. The second-order valence-electron chi connectivity index (χ2n) is 5.13. The molecule has 0 aliphatic carbocycles. The van der Waals surface area contributed by atoms with Crippen molar-refractivity contribution < 1.29 is 9.84 Å². The molecule has 0 aliphatic heterocycles. The topological polar surface area (TPSA) is 29.5 Å². The van der Waals surface area contributed by atoms with Crippen LogP contribution in [0.5, 0.6) is 5.75 Å². The maximum Gasteiger partial charge on any atom is 0.119 e. The molecule has 3 aromatic carbocycles. The van der Waals surface area contributed by atoms with Gasteiger partial charge in [-0.15, -0.1) is 0 Å². The van der Waals surface area contributed by atoms with Crippen molar-refractivity contribution in [2.24, 2.45) is 0 Å². The van der Waals surface area contributed by atoms with Crippen LogP contribution < -0.4 is 4.74 Å². The van der Waals surface area contributed by atoms with E-state index in [0.29, 0.717) is 0 Å². The number of benzene rings is 3. The molecule has 2 heteroatoms. The molecule has 1 unspecified atom stereocenters. The second-order valence-corrected chi connectivity index (χ2v) is 5.13. The van der Waals surface area contributed by atoms with Crippen LogP contribution in [0.4, 0.5) is 0 Å². The smallest absolute Gasteiger partial charge is 0.119 e. The summed E-state index contributed by atoms with van der Waals surface area (Å²) in [6.45, 7) is 0.245. The Bertz CT molecular complexity index is 691. The minimum atomic E-state index is -0.634. The van der Waals surface area contributed by atoms with Gasteiger partial charge in [-0.2, -0.15) is 0 Å². The van der Waals surface area contributed by atoms with Crippen LogP contribution in [-0.4, -0.2) is 11.7 Å². The summed E-state index contributed by atoms with van der Waals surface area (Å²) >= 11 is 0. The van der Waals surface area contributed by atoms with Crippen LogP contribution in [-0.2, 0) is 0 Å². The van der Waals surface area contributed by atoms with E-state index in [1.807, 2.05) is 72.8 Å². The van der Waals surface area contributed by atoms with Gasteiger partial charge in [0.25, 0.3) is 0 Å². The van der Waals surface area contributed by atoms with E-state index in [1.54, 1.807) is 0 Å². The summed E-state index contributed by atoms with van der Waals surface area (Å²) in [7, 11) is 0.